The summed E-state index contributed by atoms with van der Waals surface area (Å²) in [5.41, 5.74) is 0.823. The van der Waals surface area contributed by atoms with Crippen LogP contribution in [-0.4, -0.2) is 69.8 Å². The van der Waals surface area contributed by atoms with E-state index in [2.05, 4.69) is 9.88 Å². The van der Waals surface area contributed by atoms with Crippen molar-refractivity contribution in [1.82, 2.24) is 19.4 Å². The number of ether oxygens (including phenoxy) is 1. The molecular weight excluding hydrogens is 443 g/mol. The van der Waals surface area contributed by atoms with E-state index >= 15 is 0 Å². The third-order valence-electron chi connectivity index (χ3n) is 7.89. The van der Waals surface area contributed by atoms with Crippen LogP contribution in [0.5, 0.6) is 5.75 Å². The zero-order valence-electron chi connectivity index (χ0n) is 20.2. The maximum absolute atomic E-state index is 14.4. The fourth-order valence-corrected chi connectivity index (χ4v) is 5.66. The normalized spacial score (nSPS) is 20.8. The van der Waals surface area contributed by atoms with Crippen LogP contribution in [-0.2, 0) is 0 Å². The van der Waals surface area contributed by atoms with E-state index < -0.39 is 5.67 Å². The number of likely N-dealkylation sites (tertiary alicyclic amines) is 2. The monoisotopic (exact) mass is 476 g/mol. The molecule has 0 radical (unpaired) electrons. The van der Waals surface area contributed by atoms with Crippen LogP contribution < -0.4 is 4.74 Å². The van der Waals surface area contributed by atoms with Crippen molar-refractivity contribution in [3.8, 4) is 11.6 Å². The Bertz CT molecular complexity index is 1190. The van der Waals surface area contributed by atoms with Gasteiger partial charge in [-0.05, 0) is 81.3 Å². The van der Waals surface area contributed by atoms with Gasteiger partial charge in [0.1, 0.15) is 23.3 Å². The number of carbonyl (C=O) groups excluding carboxylic acids is 1. The number of piperidine rings is 1. The number of amides is 1. The number of fused-ring (bicyclic) bond motifs is 1. The minimum absolute atomic E-state index is 0.120. The quantitative estimate of drug-likeness (QED) is 0.503. The third-order valence-corrected chi connectivity index (χ3v) is 7.89. The predicted octanol–water partition coefficient (Wildman–Crippen LogP) is 5.00. The number of nitrogens with zero attached hydrogens (tertiary/aromatic N) is 4. The van der Waals surface area contributed by atoms with Crippen molar-refractivity contribution < 1.29 is 13.9 Å². The summed E-state index contributed by atoms with van der Waals surface area (Å²) in [7, 11) is 0. The molecule has 7 heteroatoms. The zero-order chi connectivity index (χ0) is 23.8. The van der Waals surface area contributed by atoms with E-state index in [4.69, 9.17) is 4.74 Å². The fraction of sp³-hybridized carbons (Fsp3) is 0.500. The Morgan fingerprint density at radius 1 is 1.03 bits per heavy atom. The van der Waals surface area contributed by atoms with Crippen molar-refractivity contribution in [2.45, 2.75) is 56.7 Å². The van der Waals surface area contributed by atoms with Gasteiger partial charge in [-0.3, -0.25) is 9.69 Å². The summed E-state index contributed by atoms with van der Waals surface area (Å²) in [5, 5.41) is 1.03. The molecule has 3 aliphatic rings. The molecule has 4 heterocycles. The number of pyridine rings is 1. The first kappa shape index (κ1) is 22.5. The maximum Gasteiger partial charge on any atom is 0.253 e. The van der Waals surface area contributed by atoms with Crippen molar-refractivity contribution in [1.29, 1.82) is 0 Å². The smallest absolute Gasteiger partial charge is 0.253 e. The van der Waals surface area contributed by atoms with Gasteiger partial charge in [-0.2, -0.15) is 0 Å². The van der Waals surface area contributed by atoms with Gasteiger partial charge in [0.15, 0.2) is 0 Å². The third kappa shape index (κ3) is 4.66. The first-order valence-corrected chi connectivity index (χ1v) is 13.0. The molecule has 0 bridgehead atoms. The zero-order valence-corrected chi connectivity index (χ0v) is 20.2. The van der Waals surface area contributed by atoms with E-state index in [1.54, 1.807) is 6.20 Å². The van der Waals surface area contributed by atoms with E-state index in [9.17, 15) is 9.18 Å². The number of aromatic nitrogens is 2. The molecule has 3 aromatic rings. The highest BCUT2D eigenvalue weighted by Crippen LogP contribution is 2.37. The molecule has 2 saturated heterocycles. The van der Waals surface area contributed by atoms with Crippen molar-refractivity contribution in [3.63, 3.8) is 0 Å². The molecule has 0 N–H and O–H groups in total. The molecule has 1 aromatic carbocycles. The molecule has 0 unspecified atom stereocenters. The molecule has 6 nitrogen and oxygen atoms in total. The summed E-state index contributed by atoms with van der Waals surface area (Å²) >= 11 is 0. The highest BCUT2D eigenvalue weighted by Gasteiger charge is 2.39. The number of halogens is 1. The van der Waals surface area contributed by atoms with Crippen LogP contribution in [0.4, 0.5) is 4.39 Å². The van der Waals surface area contributed by atoms with Crippen LogP contribution in [0.3, 0.4) is 0 Å². The standard InChI is InChI=1S/C28H33FN4O2/c29-28(11-3-12-28)20-31-15-9-23(10-16-31)35-24-5-7-26(30-19-24)33-17-8-21-18-22(4-6-25(21)33)27(34)32-13-1-2-14-32/h4-8,17-19,23H,1-3,9-16,20H2. The largest absolute Gasteiger partial charge is 0.489 e. The first-order chi connectivity index (χ1) is 17.1. The highest BCUT2D eigenvalue weighted by atomic mass is 19.1. The summed E-state index contributed by atoms with van der Waals surface area (Å²) in [6.07, 6.45) is 10.4. The molecule has 1 amide bonds. The van der Waals surface area contributed by atoms with E-state index in [0.29, 0.717) is 6.54 Å². The second-order valence-corrected chi connectivity index (χ2v) is 10.4. The molecule has 1 aliphatic carbocycles. The highest BCUT2D eigenvalue weighted by molar-refractivity contribution is 5.98. The van der Waals surface area contributed by atoms with Gasteiger partial charge in [-0.25, -0.2) is 9.37 Å². The number of hydrogen-bond acceptors (Lipinski definition) is 4. The molecular formula is C28H33FN4O2. The van der Waals surface area contributed by atoms with Crippen LogP contribution >= 0.6 is 0 Å². The maximum atomic E-state index is 14.4. The van der Waals surface area contributed by atoms with Crippen LogP contribution in [0.2, 0.25) is 0 Å². The molecule has 6 rings (SSSR count). The minimum atomic E-state index is -0.943. The Kier molecular flexibility index (Phi) is 5.96. The van der Waals surface area contributed by atoms with Crippen LogP contribution in [0, 0.1) is 0 Å². The molecule has 3 fully saturated rings. The Morgan fingerprint density at radius 3 is 2.51 bits per heavy atom. The van der Waals surface area contributed by atoms with Crippen LogP contribution in [0.25, 0.3) is 16.7 Å². The van der Waals surface area contributed by atoms with Crippen LogP contribution in [0.15, 0.2) is 48.8 Å². The van der Waals surface area contributed by atoms with Gasteiger partial charge >= 0.3 is 0 Å². The fourth-order valence-electron chi connectivity index (χ4n) is 5.66. The Balaban J connectivity index is 1.08. The molecule has 1 saturated carbocycles. The summed E-state index contributed by atoms with van der Waals surface area (Å²) in [6.45, 7) is 4.06. The molecule has 0 spiro atoms. The first-order valence-electron chi connectivity index (χ1n) is 13.0. The molecule has 0 atom stereocenters. The molecule has 2 aromatic heterocycles. The molecule has 35 heavy (non-hydrogen) atoms. The lowest BCUT2D eigenvalue weighted by Gasteiger charge is -2.40. The van der Waals surface area contributed by atoms with Gasteiger partial charge in [0, 0.05) is 49.9 Å². The van der Waals surface area contributed by atoms with Gasteiger partial charge in [0.2, 0.25) is 0 Å². The topological polar surface area (TPSA) is 50.6 Å². The summed E-state index contributed by atoms with van der Waals surface area (Å²) in [6, 6.07) is 11.9. The van der Waals surface area contributed by atoms with Gasteiger partial charge in [0.25, 0.3) is 5.91 Å². The number of hydrogen-bond donors (Lipinski definition) is 0. The van der Waals surface area contributed by atoms with E-state index in [-0.39, 0.29) is 12.0 Å². The Labute approximate surface area is 205 Å². The molecule has 184 valence electrons. The van der Waals surface area contributed by atoms with E-state index in [1.807, 2.05) is 52.1 Å². The lowest BCUT2D eigenvalue weighted by atomic mass is 9.81. The van der Waals surface area contributed by atoms with Gasteiger partial charge in [-0.15, -0.1) is 0 Å². The number of benzene rings is 1. The lowest BCUT2D eigenvalue weighted by molar-refractivity contribution is 0.00154. The lowest BCUT2D eigenvalue weighted by Crippen LogP contribution is -2.48. The Morgan fingerprint density at radius 2 is 1.83 bits per heavy atom. The Hall–Kier alpha value is -2.93. The number of carbonyl (C=O) groups is 1. The second kappa shape index (κ2) is 9.26. The van der Waals surface area contributed by atoms with E-state index in [0.717, 1.165) is 99.2 Å². The van der Waals surface area contributed by atoms with Crippen molar-refractivity contribution in [2.24, 2.45) is 0 Å². The summed E-state index contributed by atoms with van der Waals surface area (Å²) in [5.74, 6) is 1.70. The van der Waals surface area contributed by atoms with Gasteiger partial charge < -0.3 is 14.2 Å². The minimum Gasteiger partial charge on any atom is -0.489 e. The number of rotatable bonds is 6. The van der Waals surface area contributed by atoms with Gasteiger partial charge in [0.05, 0.1) is 11.7 Å². The SMILES string of the molecule is O=C(c1ccc2c(ccn2-c2ccc(OC3CCN(CC4(F)CCC4)CC3)cn2)c1)N1CCCC1. The van der Waals surface area contributed by atoms with Gasteiger partial charge in [-0.1, -0.05) is 0 Å². The molecule has 2 aliphatic heterocycles. The van der Waals surface area contributed by atoms with Crippen molar-refractivity contribution >= 4 is 16.8 Å². The van der Waals surface area contributed by atoms with E-state index in [1.165, 1.54) is 0 Å². The van der Waals surface area contributed by atoms with Crippen molar-refractivity contribution in [2.75, 3.05) is 32.7 Å². The van der Waals surface area contributed by atoms with Crippen LogP contribution in [0.1, 0.15) is 55.3 Å². The van der Waals surface area contributed by atoms with Crippen molar-refractivity contribution in [3.05, 3.63) is 54.4 Å². The average molecular weight is 477 g/mol. The number of alkyl halides is 1. The summed E-state index contributed by atoms with van der Waals surface area (Å²) < 4.78 is 22.6. The predicted molar refractivity (Wildman–Crippen MR) is 134 cm³/mol. The summed E-state index contributed by atoms with van der Waals surface area (Å²) in [4.78, 5) is 21.6. The second-order valence-electron chi connectivity index (χ2n) is 10.4. The average Bonchev–Trinajstić information content (AvgIpc) is 3.54.